The first kappa shape index (κ1) is 21.6. The summed E-state index contributed by atoms with van der Waals surface area (Å²) >= 11 is 0. The van der Waals surface area contributed by atoms with E-state index >= 15 is 0 Å². The maximum atomic E-state index is 11.8. The minimum atomic E-state index is -0.425. The van der Waals surface area contributed by atoms with E-state index in [2.05, 4.69) is 0 Å². The number of hydrogen-bond donors (Lipinski definition) is 0. The lowest BCUT2D eigenvalue weighted by Crippen LogP contribution is -2.10. The van der Waals surface area contributed by atoms with Crippen LogP contribution in [0.15, 0.2) is 91.0 Å². The van der Waals surface area contributed by atoms with E-state index in [1.54, 1.807) is 54.6 Å². The lowest BCUT2D eigenvalue weighted by molar-refractivity contribution is -0.117. The van der Waals surface area contributed by atoms with Crippen LogP contribution in [0.1, 0.15) is 39.6 Å². The smallest absolute Gasteiger partial charge is 0.228 e. The van der Waals surface area contributed by atoms with Gasteiger partial charge in [-0.05, 0) is 5.56 Å². The molecule has 0 amide bonds. The van der Waals surface area contributed by atoms with Gasteiger partial charge in [0.05, 0.1) is 6.42 Å². The molecule has 3 aromatic carbocycles. The molecule has 0 aliphatic rings. The topological polar surface area (TPSA) is 68.3 Å². The van der Waals surface area contributed by atoms with Gasteiger partial charge in [0.1, 0.15) is 5.78 Å². The first-order valence-corrected chi connectivity index (χ1v) is 9.21. The summed E-state index contributed by atoms with van der Waals surface area (Å²) in [5, 5.41) is 0. The number of hydrogen-bond acceptors (Lipinski definition) is 4. The number of rotatable bonds is 7. The second-order valence-electron chi connectivity index (χ2n) is 6.42. The van der Waals surface area contributed by atoms with Gasteiger partial charge in [-0.1, -0.05) is 91.0 Å². The number of benzene rings is 3. The third-order valence-electron chi connectivity index (χ3n) is 4.05. The highest BCUT2D eigenvalue weighted by atomic mass is 16.2. The van der Waals surface area contributed by atoms with Crippen LogP contribution in [0.3, 0.4) is 0 Å². The highest BCUT2D eigenvalue weighted by Gasteiger charge is 2.11. The van der Waals surface area contributed by atoms with Gasteiger partial charge < -0.3 is 0 Å². The van der Waals surface area contributed by atoms with Crippen molar-refractivity contribution in [2.24, 2.45) is 0 Å². The van der Waals surface area contributed by atoms with Crippen LogP contribution < -0.4 is 0 Å². The second-order valence-corrected chi connectivity index (χ2v) is 6.42. The Kier molecular flexibility index (Phi) is 8.39. The van der Waals surface area contributed by atoms with Gasteiger partial charge in [-0.25, -0.2) is 0 Å². The third kappa shape index (κ3) is 7.46. The molecule has 0 fully saturated rings. The van der Waals surface area contributed by atoms with Crippen LogP contribution in [0.5, 0.6) is 0 Å². The largest absolute Gasteiger partial charge is 0.299 e. The summed E-state index contributed by atoms with van der Waals surface area (Å²) < 4.78 is 0. The summed E-state index contributed by atoms with van der Waals surface area (Å²) in [4.78, 5) is 45.2. The lowest BCUT2D eigenvalue weighted by atomic mass is 10.0. The van der Waals surface area contributed by atoms with E-state index in [1.807, 2.05) is 36.4 Å². The van der Waals surface area contributed by atoms with Gasteiger partial charge in [-0.15, -0.1) is 0 Å². The lowest BCUT2D eigenvalue weighted by Gasteiger charge is -2.01. The van der Waals surface area contributed by atoms with E-state index in [0.29, 0.717) is 17.5 Å². The number of carbonyl (C=O) groups is 4. The summed E-state index contributed by atoms with van der Waals surface area (Å²) in [6.45, 7) is 1.27. The van der Waals surface area contributed by atoms with Gasteiger partial charge in [-0.2, -0.15) is 0 Å². The zero-order chi connectivity index (χ0) is 21.1. The van der Waals surface area contributed by atoms with E-state index in [0.717, 1.165) is 5.56 Å². The summed E-state index contributed by atoms with van der Waals surface area (Å²) in [5.41, 5.74) is 2.00. The van der Waals surface area contributed by atoms with Crippen molar-refractivity contribution in [3.63, 3.8) is 0 Å². The van der Waals surface area contributed by atoms with Crippen LogP contribution in [0, 0.1) is 0 Å². The molecule has 3 aromatic rings. The molecular weight excluding hydrogens is 364 g/mol. The van der Waals surface area contributed by atoms with Crippen molar-refractivity contribution in [2.75, 3.05) is 0 Å². The maximum Gasteiger partial charge on any atom is 0.228 e. The molecule has 0 radical (unpaired) electrons. The number of Topliss-reactive ketones (excluding diaryl/α,β-unsaturated/α-hetero) is 4. The third-order valence-corrected chi connectivity index (χ3v) is 4.05. The molecule has 146 valence electrons. The van der Waals surface area contributed by atoms with Crippen molar-refractivity contribution in [2.45, 2.75) is 19.8 Å². The first-order chi connectivity index (χ1) is 14.0. The average molecular weight is 386 g/mol. The van der Waals surface area contributed by atoms with Crippen LogP contribution in [-0.2, 0) is 16.0 Å². The molecule has 4 nitrogen and oxygen atoms in total. The number of ketones is 4. The molecule has 0 saturated heterocycles. The SMILES string of the molecule is CC(=O)C(=O)c1ccccc1.O=C(CC(=O)c1ccccc1)Cc1ccccc1. The monoisotopic (exact) mass is 386 g/mol. The van der Waals surface area contributed by atoms with Gasteiger partial charge in [0, 0.05) is 24.5 Å². The molecule has 0 aliphatic heterocycles. The summed E-state index contributed by atoms with van der Waals surface area (Å²) in [5.74, 6) is -1.01. The summed E-state index contributed by atoms with van der Waals surface area (Å²) in [6, 6.07) is 26.9. The van der Waals surface area contributed by atoms with Crippen molar-refractivity contribution in [3.8, 4) is 0 Å². The van der Waals surface area contributed by atoms with Crippen molar-refractivity contribution in [3.05, 3.63) is 108 Å². The van der Waals surface area contributed by atoms with Crippen LogP contribution in [0.25, 0.3) is 0 Å². The van der Waals surface area contributed by atoms with E-state index in [9.17, 15) is 19.2 Å². The quantitative estimate of drug-likeness (QED) is 0.340. The maximum absolute atomic E-state index is 11.8. The fourth-order valence-electron chi connectivity index (χ4n) is 2.58. The van der Waals surface area contributed by atoms with Gasteiger partial charge in [-0.3, -0.25) is 19.2 Å². The molecule has 0 spiro atoms. The fourth-order valence-corrected chi connectivity index (χ4v) is 2.58. The molecule has 0 bridgehead atoms. The zero-order valence-electron chi connectivity index (χ0n) is 16.2. The predicted octanol–water partition coefficient (Wildman–Crippen LogP) is 4.53. The predicted molar refractivity (Wildman–Crippen MR) is 112 cm³/mol. The molecule has 0 aromatic heterocycles. The molecule has 0 aliphatic carbocycles. The first-order valence-electron chi connectivity index (χ1n) is 9.21. The van der Waals surface area contributed by atoms with Gasteiger partial charge in [0.15, 0.2) is 11.6 Å². The van der Waals surface area contributed by atoms with E-state index in [1.165, 1.54) is 6.92 Å². The average Bonchev–Trinajstić information content (AvgIpc) is 2.75. The minimum absolute atomic E-state index is 0.0289. The zero-order valence-corrected chi connectivity index (χ0v) is 16.2. The Morgan fingerprint density at radius 1 is 0.621 bits per heavy atom. The summed E-state index contributed by atoms with van der Waals surface area (Å²) in [7, 11) is 0. The van der Waals surface area contributed by atoms with Crippen molar-refractivity contribution in [1.82, 2.24) is 0 Å². The second kappa shape index (κ2) is 11.2. The van der Waals surface area contributed by atoms with Gasteiger partial charge in [0.25, 0.3) is 0 Å². The molecule has 0 N–H and O–H groups in total. The van der Waals surface area contributed by atoms with E-state index in [4.69, 9.17) is 0 Å². The molecular formula is C25H22O4. The van der Waals surface area contributed by atoms with Gasteiger partial charge >= 0.3 is 0 Å². The van der Waals surface area contributed by atoms with Crippen LogP contribution >= 0.6 is 0 Å². The van der Waals surface area contributed by atoms with E-state index in [-0.39, 0.29) is 18.0 Å². The molecule has 4 heteroatoms. The van der Waals surface area contributed by atoms with Crippen molar-refractivity contribution in [1.29, 1.82) is 0 Å². The van der Waals surface area contributed by atoms with Crippen LogP contribution in [-0.4, -0.2) is 23.1 Å². The Hall–Kier alpha value is -3.66. The Morgan fingerprint density at radius 2 is 1.07 bits per heavy atom. The highest BCUT2D eigenvalue weighted by molar-refractivity contribution is 6.42. The minimum Gasteiger partial charge on any atom is -0.299 e. The normalized spacial score (nSPS) is 9.69. The highest BCUT2D eigenvalue weighted by Crippen LogP contribution is 2.07. The molecule has 29 heavy (non-hydrogen) atoms. The van der Waals surface area contributed by atoms with Gasteiger partial charge in [0.2, 0.25) is 5.78 Å². The Labute approximate surface area is 170 Å². The van der Waals surface area contributed by atoms with E-state index < -0.39 is 11.6 Å². The molecule has 0 unspecified atom stereocenters. The standard InChI is InChI=1S/C16H14O2.C9H8O2/c17-15(11-13-7-3-1-4-8-13)12-16(18)14-9-5-2-6-10-14;1-7(10)9(11)8-5-3-2-4-6-8/h1-10H,11-12H2;2-6H,1H3. The fraction of sp³-hybridized carbons (Fsp3) is 0.120. The van der Waals surface area contributed by atoms with Crippen LogP contribution in [0.2, 0.25) is 0 Å². The molecule has 0 saturated carbocycles. The Balaban J connectivity index is 0.000000234. The molecule has 3 rings (SSSR count). The summed E-state index contributed by atoms with van der Waals surface area (Å²) in [6.07, 6.45) is 0.290. The van der Waals surface area contributed by atoms with Crippen molar-refractivity contribution < 1.29 is 19.2 Å². The molecule has 0 heterocycles. The molecule has 0 atom stereocenters. The Morgan fingerprint density at radius 3 is 1.55 bits per heavy atom. The Bertz CT molecular complexity index is 961. The van der Waals surface area contributed by atoms with Crippen molar-refractivity contribution >= 4 is 23.1 Å². The van der Waals surface area contributed by atoms with Crippen LogP contribution in [0.4, 0.5) is 0 Å². The number of carbonyl (C=O) groups excluding carboxylic acids is 4.